The highest BCUT2D eigenvalue weighted by molar-refractivity contribution is 7.09. The zero-order chi connectivity index (χ0) is 19.2. The molecule has 2 heterocycles. The normalized spacial score (nSPS) is 13.3. The van der Waals surface area contributed by atoms with Gasteiger partial charge in [-0.1, -0.05) is 13.0 Å². The number of carbonyl (C=O) groups is 1. The van der Waals surface area contributed by atoms with Gasteiger partial charge in [-0.25, -0.2) is 0 Å². The van der Waals surface area contributed by atoms with Gasteiger partial charge in [-0.2, -0.15) is 0 Å². The minimum Gasteiger partial charge on any atom is -0.493 e. The maximum Gasteiger partial charge on any atom is 0.254 e. The van der Waals surface area contributed by atoms with Crippen molar-refractivity contribution < 1.29 is 14.3 Å². The number of nitrogens with zero attached hydrogens (tertiary/aromatic N) is 2. The molecule has 3 rings (SSSR count). The summed E-state index contributed by atoms with van der Waals surface area (Å²) in [5.41, 5.74) is 1.75. The van der Waals surface area contributed by atoms with Crippen molar-refractivity contribution in [2.45, 2.75) is 26.3 Å². The fourth-order valence-electron chi connectivity index (χ4n) is 3.52. The number of fused-ring (bicyclic) bond motifs is 1. The smallest absolute Gasteiger partial charge is 0.254 e. The molecule has 1 aromatic heterocycles. The second-order valence-corrected chi connectivity index (χ2v) is 7.74. The second-order valence-electron chi connectivity index (χ2n) is 6.71. The quantitative estimate of drug-likeness (QED) is 0.623. The van der Waals surface area contributed by atoms with E-state index in [-0.39, 0.29) is 5.91 Å². The third-order valence-corrected chi connectivity index (χ3v) is 6.03. The van der Waals surface area contributed by atoms with E-state index >= 15 is 0 Å². The van der Waals surface area contributed by atoms with Gasteiger partial charge in [-0.05, 0) is 55.1 Å². The van der Waals surface area contributed by atoms with Crippen LogP contribution in [0, 0.1) is 0 Å². The molecule has 5 nitrogen and oxygen atoms in total. The summed E-state index contributed by atoms with van der Waals surface area (Å²) in [7, 11) is 3.21. The molecule has 1 aliphatic rings. The first-order valence-corrected chi connectivity index (χ1v) is 10.3. The van der Waals surface area contributed by atoms with Crippen LogP contribution in [0.1, 0.15) is 34.1 Å². The SMILES string of the molecule is CCN(CCCN1Cc2cc(OC)c(OC)cc2C1=O)CCc1cccs1. The summed E-state index contributed by atoms with van der Waals surface area (Å²) >= 11 is 1.82. The van der Waals surface area contributed by atoms with Gasteiger partial charge in [0.05, 0.1) is 14.2 Å². The maximum absolute atomic E-state index is 12.7. The van der Waals surface area contributed by atoms with Crippen LogP contribution in [0.5, 0.6) is 11.5 Å². The van der Waals surface area contributed by atoms with E-state index in [2.05, 4.69) is 29.3 Å². The molecule has 2 aromatic rings. The van der Waals surface area contributed by atoms with Crippen molar-refractivity contribution in [3.63, 3.8) is 0 Å². The maximum atomic E-state index is 12.7. The van der Waals surface area contributed by atoms with Gasteiger partial charge in [-0.3, -0.25) is 4.79 Å². The van der Waals surface area contributed by atoms with Crippen molar-refractivity contribution in [1.82, 2.24) is 9.80 Å². The van der Waals surface area contributed by atoms with Gasteiger partial charge in [0, 0.05) is 30.1 Å². The molecule has 0 radical (unpaired) electrons. The van der Waals surface area contributed by atoms with Gasteiger partial charge in [0.25, 0.3) is 5.91 Å². The van der Waals surface area contributed by atoms with E-state index in [1.165, 1.54) is 4.88 Å². The Morgan fingerprint density at radius 2 is 1.96 bits per heavy atom. The zero-order valence-corrected chi connectivity index (χ0v) is 17.2. The minimum absolute atomic E-state index is 0.0904. The van der Waals surface area contributed by atoms with E-state index in [4.69, 9.17) is 9.47 Å². The zero-order valence-electron chi connectivity index (χ0n) is 16.4. The molecule has 0 saturated carbocycles. The van der Waals surface area contributed by atoms with Crippen molar-refractivity contribution in [3.8, 4) is 11.5 Å². The van der Waals surface area contributed by atoms with Crippen LogP contribution in [0.3, 0.4) is 0 Å². The van der Waals surface area contributed by atoms with Gasteiger partial charge in [0.2, 0.25) is 0 Å². The van der Waals surface area contributed by atoms with Crippen LogP contribution in [-0.2, 0) is 13.0 Å². The lowest BCUT2D eigenvalue weighted by molar-refractivity contribution is 0.0771. The lowest BCUT2D eigenvalue weighted by atomic mass is 10.1. The first kappa shape index (κ1) is 19.7. The summed E-state index contributed by atoms with van der Waals surface area (Å²) in [6, 6.07) is 8.03. The summed E-state index contributed by atoms with van der Waals surface area (Å²) < 4.78 is 10.7. The number of likely N-dealkylation sites (N-methyl/N-ethyl adjacent to an activating group) is 1. The topological polar surface area (TPSA) is 42.0 Å². The van der Waals surface area contributed by atoms with E-state index in [1.54, 1.807) is 20.3 Å². The van der Waals surface area contributed by atoms with Gasteiger partial charge in [0.15, 0.2) is 11.5 Å². The number of carbonyl (C=O) groups excluding carboxylic acids is 1. The summed E-state index contributed by atoms with van der Waals surface area (Å²) in [5.74, 6) is 1.38. The Hall–Kier alpha value is -2.05. The first-order chi connectivity index (χ1) is 13.2. The molecule has 1 aromatic carbocycles. The fourth-order valence-corrected chi connectivity index (χ4v) is 4.21. The van der Waals surface area contributed by atoms with Crippen LogP contribution in [0.15, 0.2) is 29.6 Å². The van der Waals surface area contributed by atoms with Gasteiger partial charge in [-0.15, -0.1) is 11.3 Å². The molecule has 1 amide bonds. The van der Waals surface area contributed by atoms with Crippen molar-refractivity contribution >= 4 is 17.2 Å². The standard InChI is InChI=1S/C21H28N2O3S/c1-4-22(11-8-17-7-5-12-27-17)9-6-10-23-15-16-13-19(25-2)20(26-3)14-18(16)21(23)24/h5,7,12-14H,4,6,8-11,15H2,1-3H3. The second kappa shape index (κ2) is 9.24. The number of benzene rings is 1. The molecule has 6 heteroatoms. The molecule has 1 aliphatic heterocycles. The monoisotopic (exact) mass is 388 g/mol. The Bertz CT molecular complexity index is 761. The van der Waals surface area contributed by atoms with Crippen LogP contribution >= 0.6 is 11.3 Å². The third-order valence-electron chi connectivity index (χ3n) is 5.09. The van der Waals surface area contributed by atoms with Crippen LogP contribution in [0.25, 0.3) is 0 Å². The molecular weight excluding hydrogens is 360 g/mol. The van der Waals surface area contributed by atoms with E-state index in [0.29, 0.717) is 18.0 Å². The van der Waals surface area contributed by atoms with E-state index in [0.717, 1.165) is 50.1 Å². The largest absolute Gasteiger partial charge is 0.493 e. The Morgan fingerprint density at radius 1 is 1.19 bits per heavy atom. The number of ether oxygens (including phenoxy) is 2. The molecule has 146 valence electrons. The highest BCUT2D eigenvalue weighted by Gasteiger charge is 2.29. The predicted octanol–water partition coefficient (Wildman–Crippen LogP) is 3.68. The average molecular weight is 389 g/mol. The van der Waals surface area contributed by atoms with Crippen LogP contribution in [0.2, 0.25) is 0 Å². The van der Waals surface area contributed by atoms with E-state index in [9.17, 15) is 4.79 Å². The summed E-state index contributed by atoms with van der Waals surface area (Å²) in [6.07, 6.45) is 2.07. The lowest BCUT2D eigenvalue weighted by Crippen LogP contribution is -2.31. The Labute approximate surface area is 165 Å². The Morgan fingerprint density at radius 3 is 2.63 bits per heavy atom. The fraction of sp³-hybridized carbons (Fsp3) is 0.476. The number of methoxy groups -OCH3 is 2. The average Bonchev–Trinajstić information content (AvgIpc) is 3.31. The van der Waals surface area contributed by atoms with Crippen LogP contribution < -0.4 is 9.47 Å². The van der Waals surface area contributed by atoms with Crippen molar-refractivity contribution in [3.05, 3.63) is 45.6 Å². The van der Waals surface area contributed by atoms with Crippen molar-refractivity contribution in [2.75, 3.05) is 40.4 Å². The van der Waals surface area contributed by atoms with E-state index < -0.39 is 0 Å². The number of hydrogen-bond donors (Lipinski definition) is 0. The highest BCUT2D eigenvalue weighted by atomic mass is 32.1. The Balaban J connectivity index is 1.51. The molecular formula is C21H28N2O3S. The van der Waals surface area contributed by atoms with Gasteiger partial charge < -0.3 is 19.3 Å². The van der Waals surface area contributed by atoms with Crippen molar-refractivity contribution in [2.24, 2.45) is 0 Å². The van der Waals surface area contributed by atoms with Gasteiger partial charge in [0.1, 0.15) is 0 Å². The van der Waals surface area contributed by atoms with Crippen LogP contribution in [0.4, 0.5) is 0 Å². The van der Waals surface area contributed by atoms with E-state index in [1.807, 2.05) is 22.3 Å². The number of amides is 1. The molecule has 0 spiro atoms. The number of rotatable bonds is 10. The number of hydrogen-bond acceptors (Lipinski definition) is 5. The number of thiophene rings is 1. The van der Waals surface area contributed by atoms with Gasteiger partial charge >= 0.3 is 0 Å². The summed E-state index contributed by atoms with van der Waals surface area (Å²) in [4.78, 5) is 18.5. The molecule has 0 atom stereocenters. The summed E-state index contributed by atoms with van der Waals surface area (Å²) in [6.45, 7) is 6.73. The highest BCUT2D eigenvalue weighted by Crippen LogP contribution is 2.34. The molecule has 0 N–H and O–H groups in total. The third kappa shape index (κ3) is 4.62. The van der Waals surface area contributed by atoms with Crippen LogP contribution in [-0.4, -0.2) is 56.1 Å². The first-order valence-electron chi connectivity index (χ1n) is 9.45. The van der Waals surface area contributed by atoms with Crippen molar-refractivity contribution in [1.29, 1.82) is 0 Å². The molecule has 0 aliphatic carbocycles. The molecule has 0 fully saturated rings. The molecule has 27 heavy (non-hydrogen) atoms. The summed E-state index contributed by atoms with van der Waals surface area (Å²) in [5, 5.41) is 2.13. The molecule has 0 saturated heterocycles. The predicted molar refractivity (Wildman–Crippen MR) is 109 cm³/mol. The minimum atomic E-state index is 0.0904. The Kier molecular flexibility index (Phi) is 6.74. The molecule has 0 unspecified atom stereocenters. The molecule has 0 bridgehead atoms. The lowest BCUT2D eigenvalue weighted by Gasteiger charge is -2.22.